The number of benzene rings is 2. The lowest BCUT2D eigenvalue weighted by atomic mass is 9.80. The van der Waals surface area contributed by atoms with Crippen LogP contribution in [0.25, 0.3) is 0 Å². The summed E-state index contributed by atoms with van der Waals surface area (Å²) in [7, 11) is 0.881. The summed E-state index contributed by atoms with van der Waals surface area (Å²) in [4.78, 5) is 48.6. The van der Waals surface area contributed by atoms with E-state index in [0.29, 0.717) is 38.0 Å². The quantitative estimate of drug-likeness (QED) is 0.0527. The highest BCUT2D eigenvalue weighted by Gasteiger charge is 2.47. The molecular weight excluding hydrogens is 681 g/mol. The second-order valence-corrected chi connectivity index (χ2v) is 11.3. The number of methoxy groups -OCH3 is 1. The van der Waals surface area contributed by atoms with Crippen LogP contribution in [0.3, 0.4) is 0 Å². The number of esters is 2. The van der Waals surface area contributed by atoms with E-state index in [1.807, 2.05) is 18.2 Å². The maximum Gasteiger partial charge on any atom is 0.431 e. The first-order chi connectivity index (χ1) is 24.3. The molecule has 2 atom stereocenters. The SMILES string of the molecule is COC(=O)C1=C(C(F)(F)F)NC(C)=C(C(=O)OCCCCCCOC(=O)NCCNCC(O)COc2ccccc2)C1c1cccc([N+](=O)[O-])c1. The first kappa shape index (κ1) is 40.3. The molecule has 1 aliphatic rings. The first-order valence-corrected chi connectivity index (χ1v) is 16.1. The molecule has 0 radical (unpaired) electrons. The zero-order valence-electron chi connectivity index (χ0n) is 28.1. The maximum atomic E-state index is 14.1. The lowest BCUT2D eigenvalue weighted by molar-refractivity contribution is -0.384. The van der Waals surface area contributed by atoms with Crippen molar-refractivity contribution < 1.29 is 56.5 Å². The Morgan fingerprint density at radius 2 is 1.65 bits per heavy atom. The number of aliphatic hydroxyl groups excluding tert-OH is 1. The summed E-state index contributed by atoms with van der Waals surface area (Å²) in [5, 5.41) is 29.1. The van der Waals surface area contributed by atoms with Crippen molar-refractivity contribution in [3.05, 3.63) is 92.8 Å². The second-order valence-electron chi connectivity index (χ2n) is 11.3. The van der Waals surface area contributed by atoms with Gasteiger partial charge in [-0.2, -0.15) is 13.2 Å². The fraction of sp³-hybridized carbons (Fsp3) is 0.441. The van der Waals surface area contributed by atoms with Crippen molar-refractivity contribution in [2.45, 2.75) is 50.8 Å². The second kappa shape index (κ2) is 19.9. The number of dihydropyridines is 1. The molecule has 0 saturated carbocycles. The van der Waals surface area contributed by atoms with Gasteiger partial charge in [-0.25, -0.2) is 14.4 Å². The van der Waals surface area contributed by atoms with E-state index in [9.17, 15) is 42.8 Å². The number of non-ortho nitro benzene ring substituents is 1. The number of nitro groups is 1. The van der Waals surface area contributed by atoms with Gasteiger partial charge in [0.05, 0.1) is 42.3 Å². The summed E-state index contributed by atoms with van der Waals surface area (Å²) in [6.45, 7) is 2.31. The largest absolute Gasteiger partial charge is 0.491 e. The van der Waals surface area contributed by atoms with Gasteiger partial charge < -0.3 is 40.0 Å². The summed E-state index contributed by atoms with van der Waals surface area (Å²) in [5.41, 5.74) is -3.52. The number of hydrogen-bond acceptors (Lipinski definition) is 12. The molecule has 0 bridgehead atoms. The Balaban J connectivity index is 1.41. The van der Waals surface area contributed by atoms with Crippen molar-refractivity contribution in [3.8, 4) is 5.75 Å². The highest BCUT2D eigenvalue weighted by atomic mass is 19.4. The Morgan fingerprint density at radius 3 is 2.29 bits per heavy atom. The Hall–Kier alpha value is -5.16. The molecule has 0 saturated heterocycles. The third-order valence-corrected chi connectivity index (χ3v) is 7.53. The molecule has 0 aromatic heterocycles. The number of alkyl carbamates (subject to hydrolysis) is 1. The Morgan fingerprint density at radius 1 is 0.961 bits per heavy atom. The van der Waals surface area contributed by atoms with Crippen LogP contribution in [0, 0.1) is 10.1 Å². The molecule has 3 rings (SSSR count). The normalized spacial score (nSPS) is 15.1. The van der Waals surface area contributed by atoms with Crippen LogP contribution < -0.4 is 20.7 Å². The molecule has 278 valence electrons. The number of carbonyl (C=O) groups excluding carboxylic acids is 3. The van der Waals surface area contributed by atoms with Crippen LogP contribution in [0.15, 0.2) is 77.1 Å². The lowest BCUT2D eigenvalue weighted by Crippen LogP contribution is -2.38. The van der Waals surface area contributed by atoms with E-state index >= 15 is 0 Å². The van der Waals surface area contributed by atoms with Crippen molar-refractivity contribution in [2.24, 2.45) is 0 Å². The number of nitro benzene ring substituents is 1. The first-order valence-electron chi connectivity index (χ1n) is 16.1. The number of allylic oxidation sites excluding steroid dienone is 2. The molecule has 1 amide bonds. The predicted molar refractivity (Wildman–Crippen MR) is 176 cm³/mol. The van der Waals surface area contributed by atoms with Crippen LogP contribution in [0.4, 0.5) is 23.7 Å². The van der Waals surface area contributed by atoms with E-state index < -0.39 is 58.1 Å². The average molecular weight is 723 g/mol. The van der Waals surface area contributed by atoms with Crippen LogP contribution in [0.2, 0.25) is 0 Å². The highest BCUT2D eigenvalue weighted by molar-refractivity contribution is 6.00. The standard InChI is InChI=1S/C34H41F3N4O10/c1-22-27(28(23-11-10-12-24(19-23)41(46)47)29(31(43)48-2)30(40-22)34(35,36)37)32(44)49-17-8-3-4-9-18-50-33(45)39-16-15-38-20-25(42)21-51-26-13-6-5-7-14-26/h5-7,10-14,19,25,28,38,40,42H,3-4,8-9,15-18,20-21H2,1-2H3,(H,39,45). The molecule has 17 heteroatoms. The number of amides is 1. The predicted octanol–water partition coefficient (Wildman–Crippen LogP) is 4.40. The van der Waals surface area contributed by atoms with Gasteiger partial charge in [0.2, 0.25) is 0 Å². The molecular formula is C34H41F3N4O10. The Bertz CT molecular complexity index is 1570. The van der Waals surface area contributed by atoms with Gasteiger partial charge in [0.1, 0.15) is 24.2 Å². The van der Waals surface area contributed by atoms with Crippen molar-refractivity contribution in [3.63, 3.8) is 0 Å². The molecule has 1 heterocycles. The maximum absolute atomic E-state index is 14.1. The third-order valence-electron chi connectivity index (χ3n) is 7.53. The molecule has 51 heavy (non-hydrogen) atoms. The molecule has 4 N–H and O–H groups in total. The molecule has 0 fully saturated rings. The topological polar surface area (TPSA) is 188 Å². The molecule has 2 aromatic rings. The Kier molecular flexibility index (Phi) is 15.7. The highest BCUT2D eigenvalue weighted by Crippen LogP contribution is 2.44. The van der Waals surface area contributed by atoms with Crippen LogP contribution in [0.5, 0.6) is 5.75 Å². The van der Waals surface area contributed by atoms with E-state index in [1.165, 1.54) is 19.1 Å². The van der Waals surface area contributed by atoms with Gasteiger partial charge in [-0.05, 0) is 50.3 Å². The molecule has 1 aliphatic heterocycles. The van der Waals surface area contributed by atoms with Crippen molar-refractivity contribution in [1.82, 2.24) is 16.0 Å². The summed E-state index contributed by atoms with van der Waals surface area (Å²) in [5.74, 6) is -3.41. The van der Waals surface area contributed by atoms with Crippen molar-refractivity contribution >= 4 is 23.7 Å². The van der Waals surface area contributed by atoms with Crippen LogP contribution >= 0.6 is 0 Å². The summed E-state index contributed by atoms with van der Waals surface area (Å²) in [6.07, 6.45) is -4.31. The average Bonchev–Trinajstić information content (AvgIpc) is 3.10. The number of unbranched alkanes of at least 4 members (excludes halogenated alkanes) is 3. The number of ether oxygens (including phenoxy) is 4. The Labute approximate surface area is 292 Å². The fourth-order valence-corrected chi connectivity index (χ4v) is 5.11. The minimum Gasteiger partial charge on any atom is -0.491 e. The lowest BCUT2D eigenvalue weighted by Gasteiger charge is -2.31. The van der Waals surface area contributed by atoms with Gasteiger partial charge in [-0.3, -0.25) is 10.1 Å². The molecule has 14 nitrogen and oxygen atoms in total. The van der Waals surface area contributed by atoms with Gasteiger partial charge in [0.25, 0.3) is 5.69 Å². The van der Waals surface area contributed by atoms with Crippen LogP contribution in [-0.2, 0) is 23.8 Å². The number of hydrogen-bond donors (Lipinski definition) is 4. The number of rotatable bonds is 19. The van der Waals surface area contributed by atoms with Crippen LogP contribution in [-0.4, -0.2) is 86.9 Å². The number of nitrogens with one attached hydrogen (secondary N) is 3. The molecule has 2 unspecified atom stereocenters. The van der Waals surface area contributed by atoms with Crippen LogP contribution in [0.1, 0.15) is 44.1 Å². The van der Waals surface area contributed by atoms with Gasteiger partial charge in [-0.1, -0.05) is 30.3 Å². The number of nitrogens with zero attached hydrogens (tertiary/aromatic N) is 1. The van der Waals surface area contributed by atoms with Gasteiger partial charge in [-0.15, -0.1) is 0 Å². The van der Waals surface area contributed by atoms with Gasteiger partial charge >= 0.3 is 24.2 Å². The molecule has 0 spiro atoms. The van der Waals surface area contributed by atoms with E-state index in [1.54, 1.807) is 12.1 Å². The summed E-state index contributed by atoms with van der Waals surface area (Å²) >= 11 is 0. The number of aliphatic hydroxyl groups is 1. The van der Waals surface area contributed by atoms with Crippen molar-refractivity contribution in [2.75, 3.05) is 46.6 Å². The monoisotopic (exact) mass is 722 g/mol. The van der Waals surface area contributed by atoms with E-state index in [4.69, 9.17) is 14.2 Å². The smallest absolute Gasteiger partial charge is 0.431 e. The third kappa shape index (κ3) is 12.6. The zero-order valence-corrected chi connectivity index (χ0v) is 28.1. The van der Waals surface area contributed by atoms with Crippen molar-refractivity contribution in [1.29, 1.82) is 0 Å². The number of alkyl halides is 3. The minimum absolute atomic E-state index is 0.108. The van der Waals surface area contributed by atoms with E-state index in [-0.39, 0.29) is 49.7 Å². The molecule has 0 aliphatic carbocycles. The van der Waals surface area contributed by atoms with E-state index in [0.717, 1.165) is 19.2 Å². The number of para-hydroxylation sites is 1. The number of halogens is 3. The van der Waals surface area contributed by atoms with Gasteiger partial charge in [0, 0.05) is 37.5 Å². The van der Waals surface area contributed by atoms with Gasteiger partial charge in [0.15, 0.2) is 0 Å². The van der Waals surface area contributed by atoms with E-state index in [2.05, 4.69) is 20.7 Å². The summed E-state index contributed by atoms with van der Waals surface area (Å²) in [6, 6.07) is 13.7. The fourth-order valence-electron chi connectivity index (χ4n) is 5.11. The summed E-state index contributed by atoms with van der Waals surface area (Å²) < 4.78 is 62.8. The zero-order chi connectivity index (χ0) is 37.4. The molecule has 2 aromatic carbocycles. The number of carbonyl (C=O) groups is 3. The minimum atomic E-state index is -5.05.